The zero-order valence-corrected chi connectivity index (χ0v) is 23.7. The monoisotopic (exact) mass is 565 g/mol. The maximum absolute atomic E-state index is 13.6. The summed E-state index contributed by atoms with van der Waals surface area (Å²) in [5, 5.41) is 6.33. The van der Waals surface area contributed by atoms with Crippen LogP contribution in [0.25, 0.3) is 11.0 Å². The maximum atomic E-state index is 13.6. The lowest BCUT2D eigenvalue weighted by Gasteiger charge is -2.32. The zero-order chi connectivity index (χ0) is 27.2. The third kappa shape index (κ3) is 6.70. The first kappa shape index (κ1) is 27.4. The number of thioether (sulfide) groups is 1. The molecule has 0 aliphatic carbocycles. The minimum Gasteiger partial charge on any atom is -0.448 e. The Bertz CT molecular complexity index is 1410. The molecule has 3 heterocycles. The van der Waals surface area contributed by atoms with E-state index >= 15 is 0 Å². The summed E-state index contributed by atoms with van der Waals surface area (Å²) in [6, 6.07) is 17.4. The largest absolute Gasteiger partial charge is 0.448 e. The molecule has 0 unspecified atom stereocenters. The van der Waals surface area contributed by atoms with Gasteiger partial charge in [-0.05, 0) is 43.5 Å². The Balaban J connectivity index is 1.44. The number of anilines is 2. The summed E-state index contributed by atoms with van der Waals surface area (Å²) < 4.78 is 7.67. The molecular weight excluding hydrogens is 534 g/mol. The molecule has 1 fully saturated rings. The van der Waals surface area contributed by atoms with Crippen molar-refractivity contribution in [2.75, 3.05) is 57.5 Å². The Morgan fingerprint density at radius 3 is 2.59 bits per heavy atom. The van der Waals surface area contributed by atoms with Gasteiger partial charge in [0.25, 0.3) is 0 Å². The van der Waals surface area contributed by atoms with Gasteiger partial charge in [0, 0.05) is 44.3 Å². The number of benzene rings is 2. The molecule has 11 heteroatoms. The minimum atomic E-state index is -0.518. The van der Waals surface area contributed by atoms with E-state index in [0.717, 1.165) is 32.6 Å². The Kier molecular flexibility index (Phi) is 8.98. The van der Waals surface area contributed by atoms with E-state index in [4.69, 9.17) is 26.3 Å². The number of likely N-dealkylation sites (N-methyl/N-ethyl adjacent to an activating group) is 1. The van der Waals surface area contributed by atoms with Gasteiger partial charge in [-0.15, -0.1) is 0 Å². The molecule has 1 saturated heterocycles. The number of piperazine rings is 1. The van der Waals surface area contributed by atoms with Crippen LogP contribution in [0.4, 0.5) is 16.3 Å². The van der Waals surface area contributed by atoms with E-state index in [1.54, 1.807) is 24.4 Å². The highest BCUT2D eigenvalue weighted by molar-refractivity contribution is 7.98. The molecule has 2 aromatic heterocycles. The molecule has 0 bridgehead atoms. The van der Waals surface area contributed by atoms with Crippen molar-refractivity contribution in [3.8, 4) is 0 Å². The first-order chi connectivity index (χ1) is 19.0. The number of aryl methyl sites for hydroxylation is 2. The van der Waals surface area contributed by atoms with Crippen LogP contribution in [0.5, 0.6) is 0 Å². The van der Waals surface area contributed by atoms with E-state index in [1.807, 2.05) is 35.2 Å². The van der Waals surface area contributed by atoms with Crippen molar-refractivity contribution in [2.45, 2.75) is 18.1 Å². The smallest absolute Gasteiger partial charge is 0.420 e. The summed E-state index contributed by atoms with van der Waals surface area (Å²) in [4.78, 5) is 29.2. The molecule has 1 aliphatic heterocycles. The molecule has 2 aromatic carbocycles. The van der Waals surface area contributed by atoms with Crippen molar-refractivity contribution in [2.24, 2.45) is 0 Å². The molecule has 0 radical (unpaired) electrons. The standard InChI is InChI=1S/C28H32ClN7O2S/c1-33-13-15-34(16-14-33)17-18-38-28(37)36(23-10-6-9-22(29)19-23)26-24-20-30-35(25(24)31-27(32-26)39-2)12-11-21-7-4-3-5-8-21/h3-10,19-20H,11-18H2,1-2H3. The normalized spacial score (nSPS) is 14.5. The molecule has 1 amide bonds. The molecule has 39 heavy (non-hydrogen) atoms. The van der Waals surface area contributed by atoms with E-state index < -0.39 is 6.09 Å². The molecular formula is C28H32ClN7O2S. The summed E-state index contributed by atoms with van der Waals surface area (Å²) in [6.45, 7) is 5.52. The van der Waals surface area contributed by atoms with Crippen molar-refractivity contribution < 1.29 is 9.53 Å². The number of carbonyl (C=O) groups excluding carboxylic acids is 1. The van der Waals surface area contributed by atoms with Gasteiger partial charge in [0.2, 0.25) is 0 Å². The van der Waals surface area contributed by atoms with Crippen molar-refractivity contribution >= 4 is 52.0 Å². The first-order valence-electron chi connectivity index (χ1n) is 13.0. The third-order valence-electron chi connectivity index (χ3n) is 6.78. The predicted octanol–water partition coefficient (Wildman–Crippen LogP) is 4.97. The van der Waals surface area contributed by atoms with Crippen LogP contribution < -0.4 is 4.90 Å². The zero-order valence-electron chi connectivity index (χ0n) is 22.2. The number of halogens is 1. The second-order valence-electron chi connectivity index (χ2n) is 9.45. The van der Waals surface area contributed by atoms with Crippen LogP contribution in [0.15, 0.2) is 66.0 Å². The van der Waals surface area contributed by atoms with E-state index in [1.165, 1.54) is 22.2 Å². The quantitative estimate of drug-likeness (QED) is 0.208. The molecule has 0 atom stereocenters. The fourth-order valence-electron chi connectivity index (χ4n) is 4.55. The average Bonchev–Trinajstić information content (AvgIpc) is 3.36. The molecule has 5 rings (SSSR count). The van der Waals surface area contributed by atoms with Gasteiger partial charge in [0.05, 0.1) is 17.3 Å². The van der Waals surface area contributed by atoms with Gasteiger partial charge in [0.15, 0.2) is 16.6 Å². The number of nitrogens with zero attached hydrogens (tertiary/aromatic N) is 7. The fourth-order valence-corrected chi connectivity index (χ4v) is 5.09. The van der Waals surface area contributed by atoms with Gasteiger partial charge in [-0.1, -0.05) is 59.8 Å². The number of hydrogen-bond donors (Lipinski definition) is 0. The summed E-state index contributed by atoms with van der Waals surface area (Å²) in [5.41, 5.74) is 2.44. The van der Waals surface area contributed by atoms with Crippen molar-refractivity contribution in [3.05, 3.63) is 71.4 Å². The second-order valence-corrected chi connectivity index (χ2v) is 10.7. The minimum absolute atomic E-state index is 0.277. The third-order valence-corrected chi connectivity index (χ3v) is 7.57. The predicted molar refractivity (Wildman–Crippen MR) is 156 cm³/mol. The molecule has 1 aliphatic rings. The number of amides is 1. The van der Waals surface area contributed by atoms with Gasteiger partial charge in [-0.25, -0.2) is 24.3 Å². The van der Waals surface area contributed by atoms with E-state index in [9.17, 15) is 4.79 Å². The van der Waals surface area contributed by atoms with E-state index in [0.29, 0.717) is 45.8 Å². The maximum Gasteiger partial charge on any atom is 0.420 e. The lowest BCUT2D eigenvalue weighted by Crippen LogP contribution is -2.45. The Morgan fingerprint density at radius 2 is 1.85 bits per heavy atom. The summed E-state index contributed by atoms with van der Waals surface area (Å²) in [7, 11) is 2.12. The van der Waals surface area contributed by atoms with Crippen LogP contribution in [-0.4, -0.2) is 88.3 Å². The first-order valence-corrected chi connectivity index (χ1v) is 14.6. The van der Waals surface area contributed by atoms with Crippen molar-refractivity contribution in [3.63, 3.8) is 0 Å². The fraction of sp³-hybridized carbons (Fsp3) is 0.357. The molecule has 0 N–H and O–H groups in total. The lowest BCUT2D eigenvalue weighted by atomic mass is 10.1. The van der Waals surface area contributed by atoms with Crippen LogP contribution >= 0.6 is 23.4 Å². The van der Waals surface area contributed by atoms with Gasteiger partial charge < -0.3 is 9.64 Å². The topological polar surface area (TPSA) is 79.6 Å². The summed E-state index contributed by atoms with van der Waals surface area (Å²) in [5.74, 6) is 0.419. The SMILES string of the molecule is CSc1nc(N(C(=O)OCCN2CCN(C)CC2)c2cccc(Cl)c2)c2cnn(CCc3ccccc3)c2n1. The summed E-state index contributed by atoms with van der Waals surface area (Å²) >= 11 is 7.75. The summed E-state index contributed by atoms with van der Waals surface area (Å²) in [6.07, 6.45) is 3.91. The molecule has 4 aromatic rings. The highest BCUT2D eigenvalue weighted by Gasteiger charge is 2.27. The van der Waals surface area contributed by atoms with E-state index in [-0.39, 0.29) is 6.61 Å². The van der Waals surface area contributed by atoms with Crippen molar-refractivity contribution in [1.82, 2.24) is 29.5 Å². The van der Waals surface area contributed by atoms with Gasteiger partial charge in [-0.2, -0.15) is 5.10 Å². The van der Waals surface area contributed by atoms with Crippen LogP contribution in [0.3, 0.4) is 0 Å². The number of carbonyl (C=O) groups is 1. The average molecular weight is 566 g/mol. The Morgan fingerprint density at radius 1 is 1.05 bits per heavy atom. The second kappa shape index (κ2) is 12.8. The van der Waals surface area contributed by atoms with Crippen LogP contribution in [0.2, 0.25) is 5.02 Å². The van der Waals surface area contributed by atoms with Crippen LogP contribution in [-0.2, 0) is 17.7 Å². The van der Waals surface area contributed by atoms with Gasteiger partial charge in [-0.3, -0.25) is 4.90 Å². The molecule has 0 saturated carbocycles. The van der Waals surface area contributed by atoms with Gasteiger partial charge >= 0.3 is 6.09 Å². The number of hydrogen-bond acceptors (Lipinski definition) is 8. The van der Waals surface area contributed by atoms with E-state index in [2.05, 4.69) is 34.1 Å². The molecule has 0 spiro atoms. The molecule has 204 valence electrons. The van der Waals surface area contributed by atoms with Crippen LogP contribution in [0, 0.1) is 0 Å². The number of aromatic nitrogens is 4. The highest BCUT2D eigenvalue weighted by atomic mass is 35.5. The molecule has 9 nitrogen and oxygen atoms in total. The Labute approximate surface area is 237 Å². The lowest BCUT2D eigenvalue weighted by molar-refractivity contribution is 0.108. The van der Waals surface area contributed by atoms with Gasteiger partial charge in [0.1, 0.15) is 6.61 Å². The number of fused-ring (bicyclic) bond motifs is 1. The Hall–Kier alpha value is -3.18. The number of rotatable bonds is 9. The highest BCUT2D eigenvalue weighted by Crippen LogP contribution is 2.33. The van der Waals surface area contributed by atoms with Crippen molar-refractivity contribution in [1.29, 1.82) is 0 Å². The number of ether oxygens (including phenoxy) is 1. The van der Waals surface area contributed by atoms with Crippen LogP contribution in [0.1, 0.15) is 5.56 Å².